The zero-order valence-electron chi connectivity index (χ0n) is 23.5. The number of aliphatic hydroxyl groups is 1. The Balaban J connectivity index is 1.59. The first-order valence-electron chi connectivity index (χ1n) is 13.8. The van der Waals surface area contributed by atoms with Crippen LogP contribution < -0.4 is 20.7 Å². The van der Waals surface area contributed by atoms with Crippen LogP contribution in [0.1, 0.15) is 56.0 Å². The lowest BCUT2D eigenvalue weighted by Crippen LogP contribution is -2.57. The van der Waals surface area contributed by atoms with Gasteiger partial charge in [0, 0.05) is 18.5 Å². The highest BCUT2D eigenvalue weighted by Crippen LogP contribution is 2.25. The van der Waals surface area contributed by atoms with Gasteiger partial charge in [-0.2, -0.15) is 0 Å². The standard InChI is InChI=1S/C30H37FN4O6/c1-18(36)26-29(40)35-14-6-7-21(35)16-41-24-9-5-4-8-22(24)27(38)33-23(15-25(37)34-26)28(39)32-17-30(2,3)19-10-12-20(31)13-11-19/h4-5,8-13,18,21,23,26,36H,6-7,14-17H2,1-3H3,(H,32,39)(H,33,38)(H,34,37)/t18-,21-,23+,26+/m1/s1. The number of halogens is 1. The summed E-state index contributed by atoms with van der Waals surface area (Å²) in [5.74, 6) is -2.42. The fraction of sp³-hybridized carbons (Fsp3) is 0.467. The smallest absolute Gasteiger partial charge is 0.255 e. The number of para-hydroxylation sites is 1. The molecular formula is C30H37FN4O6. The second kappa shape index (κ2) is 12.7. The summed E-state index contributed by atoms with van der Waals surface area (Å²) >= 11 is 0. The van der Waals surface area contributed by atoms with E-state index in [1.807, 2.05) is 13.8 Å². The van der Waals surface area contributed by atoms with Gasteiger partial charge in [0.25, 0.3) is 5.91 Å². The Morgan fingerprint density at radius 3 is 2.56 bits per heavy atom. The molecule has 41 heavy (non-hydrogen) atoms. The Morgan fingerprint density at radius 1 is 1.15 bits per heavy atom. The van der Waals surface area contributed by atoms with E-state index in [0.717, 1.165) is 12.0 Å². The van der Waals surface area contributed by atoms with E-state index in [-0.39, 0.29) is 36.3 Å². The van der Waals surface area contributed by atoms with Gasteiger partial charge in [-0.1, -0.05) is 38.1 Å². The minimum Gasteiger partial charge on any atom is -0.491 e. The molecule has 10 nitrogen and oxygen atoms in total. The zero-order valence-corrected chi connectivity index (χ0v) is 23.5. The van der Waals surface area contributed by atoms with E-state index in [1.165, 1.54) is 19.1 Å². The summed E-state index contributed by atoms with van der Waals surface area (Å²) in [6.07, 6.45) is -0.256. The van der Waals surface area contributed by atoms with Crippen LogP contribution in [0.5, 0.6) is 5.75 Å². The third kappa shape index (κ3) is 7.21. The molecule has 0 aromatic heterocycles. The highest BCUT2D eigenvalue weighted by molar-refractivity contribution is 6.01. The lowest BCUT2D eigenvalue weighted by atomic mass is 9.84. The minimum absolute atomic E-state index is 0.124. The molecule has 1 saturated heterocycles. The summed E-state index contributed by atoms with van der Waals surface area (Å²) in [7, 11) is 0. The second-order valence-corrected chi connectivity index (χ2v) is 11.3. The monoisotopic (exact) mass is 568 g/mol. The summed E-state index contributed by atoms with van der Waals surface area (Å²) in [5, 5.41) is 18.4. The van der Waals surface area contributed by atoms with Crippen molar-refractivity contribution in [2.24, 2.45) is 0 Å². The lowest BCUT2D eigenvalue weighted by molar-refractivity contribution is -0.140. The number of aliphatic hydroxyl groups excluding tert-OH is 1. The van der Waals surface area contributed by atoms with Crippen molar-refractivity contribution in [3.8, 4) is 5.75 Å². The lowest BCUT2D eigenvalue weighted by Gasteiger charge is -2.31. The molecule has 4 N–H and O–H groups in total. The molecule has 0 unspecified atom stereocenters. The molecule has 2 aromatic carbocycles. The fourth-order valence-corrected chi connectivity index (χ4v) is 5.13. The summed E-state index contributed by atoms with van der Waals surface area (Å²) < 4.78 is 19.4. The van der Waals surface area contributed by atoms with Crippen LogP contribution in [-0.4, -0.2) is 77.6 Å². The highest BCUT2D eigenvalue weighted by Gasteiger charge is 2.38. The molecule has 2 aliphatic rings. The van der Waals surface area contributed by atoms with Crippen LogP contribution in [0.25, 0.3) is 0 Å². The largest absolute Gasteiger partial charge is 0.491 e. The van der Waals surface area contributed by atoms with Crippen LogP contribution in [-0.2, 0) is 19.8 Å². The van der Waals surface area contributed by atoms with E-state index in [2.05, 4.69) is 16.0 Å². The van der Waals surface area contributed by atoms with Gasteiger partial charge in [0.1, 0.15) is 30.3 Å². The van der Waals surface area contributed by atoms with Crippen molar-refractivity contribution in [3.63, 3.8) is 0 Å². The number of hydrogen-bond donors (Lipinski definition) is 4. The Labute approximate surface area is 238 Å². The van der Waals surface area contributed by atoms with Crippen molar-refractivity contribution in [2.45, 2.75) is 69.7 Å². The van der Waals surface area contributed by atoms with Crippen LogP contribution in [0.4, 0.5) is 4.39 Å². The number of hydrogen-bond acceptors (Lipinski definition) is 6. The summed E-state index contributed by atoms with van der Waals surface area (Å²) in [4.78, 5) is 54.9. The SMILES string of the molecule is C[C@@H](O)[C@@H]1NC(=O)C[C@@H](C(=O)NCC(C)(C)c2ccc(F)cc2)NC(=O)c2ccccc2OC[C@H]2CCCN2C1=O. The van der Waals surface area contributed by atoms with Crippen molar-refractivity contribution in [1.82, 2.24) is 20.9 Å². The van der Waals surface area contributed by atoms with Crippen molar-refractivity contribution in [3.05, 3.63) is 65.5 Å². The van der Waals surface area contributed by atoms with Crippen LogP contribution in [0.15, 0.2) is 48.5 Å². The average molecular weight is 569 g/mol. The molecule has 0 saturated carbocycles. The Bertz CT molecular complexity index is 1280. The van der Waals surface area contributed by atoms with Gasteiger partial charge in [-0.3, -0.25) is 19.2 Å². The minimum atomic E-state index is -1.30. The number of ether oxygens (including phenoxy) is 1. The Hall–Kier alpha value is -3.99. The topological polar surface area (TPSA) is 137 Å². The molecule has 11 heteroatoms. The van der Waals surface area contributed by atoms with Gasteiger partial charge < -0.3 is 30.7 Å². The van der Waals surface area contributed by atoms with E-state index in [9.17, 15) is 28.7 Å². The van der Waals surface area contributed by atoms with Crippen molar-refractivity contribution >= 4 is 23.6 Å². The van der Waals surface area contributed by atoms with E-state index >= 15 is 0 Å². The maximum atomic E-state index is 13.4. The number of amides is 4. The predicted molar refractivity (Wildman–Crippen MR) is 149 cm³/mol. The number of fused-ring (bicyclic) bond motifs is 2. The molecule has 220 valence electrons. The first-order chi connectivity index (χ1) is 19.5. The molecule has 4 atom stereocenters. The van der Waals surface area contributed by atoms with Gasteiger partial charge >= 0.3 is 0 Å². The van der Waals surface area contributed by atoms with Crippen molar-refractivity contribution in [2.75, 3.05) is 19.7 Å². The molecule has 1 fully saturated rings. The molecular weight excluding hydrogens is 531 g/mol. The van der Waals surface area contributed by atoms with E-state index in [4.69, 9.17) is 4.74 Å². The number of carbonyl (C=O) groups is 4. The van der Waals surface area contributed by atoms with Crippen molar-refractivity contribution < 1.29 is 33.4 Å². The zero-order chi connectivity index (χ0) is 29.7. The maximum absolute atomic E-state index is 13.4. The number of nitrogens with zero attached hydrogens (tertiary/aromatic N) is 1. The van der Waals surface area contributed by atoms with Gasteiger partial charge in [0.05, 0.1) is 24.1 Å². The van der Waals surface area contributed by atoms with E-state index in [0.29, 0.717) is 13.0 Å². The first-order valence-corrected chi connectivity index (χ1v) is 13.8. The molecule has 0 aliphatic carbocycles. The fourth-order valence-electron chi connectivity index (χ4n) is 5.13. The summed E-state index contributed by atoms with van der Waals surface area (Å²) in [5.41, 5.74) is 0.386. The van der Waals surface area contributed by atoms with Crippen LogP contribution >= 0.6 is 0 Å². The van der Waals surface area contributed by atoms with E-state index < -0.39 is 53.7 Å². The van der Waals surface area contributed by atoms with Gasteiger partial charge in [0.2, 0.25) is 17.7 Å². The van der Waals surface area contributed by atoms with E-state index in [1.54, 1.807) is 41.3 Å². The molecule has 0 radical (unpaired) electrons. The molecule has 2 aliphatic heterocycles. The highest BCUT2D eigenvalue weighted by atomic mass is 19.1. The molecule has 4 rings (SSSR count). The second-order valence-electron chi connectivity index (χ2n) is 11.3. The third-order valence-electron chi connectivity index (χ3n) is 7.63. The molecule has 2 aromatic rings. The molecule has 2 heterocycles. The number of carbonyl (C=O) groups excluding carboxylic acids is 4. The maximum Gasteiger partial charge on any atom is 0.255 e. The van der Waals surface area contributed by atoms with Gasteiger partial charge in [0.15, 0.2) is 0 Å². The van der Waals surface area contributed by atoms with Gasteiger partial charge in [-0.05, 0) is 49.6 Å². The molecule has 0 bridgehead atoms. The number of rotatable bonds is 5. The van der Waals surface area contributed by atoms with Gasteiger partial charge in [-0.15, -0.1) is 0 Å². The quantitative estimate of drug-likeness (QED) is 0.433. The Morgan fingerprint density at radius 2 is 1.85 bits per heavy atom. The van der Waals surface area contributed by atoms with Gasteiger partial charge in [-0.25, -0.2) is 4.39 Å². The molecule has 4 amide bonds. The third-order valence-corrected chi connectivity index (χ3v) is 7.63. The first kappa shape index (κ1) is 30.0. The number of benzene rings is 2. The normalized spacial score (nSPS) is 22.8. The summed E-state index contributed by atoms with van der Waals surface area (Å²) in [6, 6.07) is 9.69. The average Bonchev–Trinajstić information content (AvgIpc) is 3.41. The Kier molecular flexibility index (Phi) is 9.27. The van der Waals surface area contributed by atoms with Crippen LogP contribution in [0.3, 0.4) is 0 Å². The summed E-state index contributed by atoms with van der Waals surface area (Å²) in [6.45, 7) is 5.86. The number of nitrogens with one attached hydrogen (secondary N) is 3. The predicted octanol–water partition coefficient (Wildman–Crippen LogP) is 1.66. The molecule has 0 spiro atoms. The van der Waals surface area contributed by atoms with Crippen LogP contribution in [0, 0.1) is 5.82 Å². The van der Waals surface area contributed by atoms with Crippen LogP contribution in [0.2, 0.25) is 0 Å². The van der Waals surface area contributed by atoms with Crippen molar-refractivity contribution in [1.29, 1.82) is 0 Å².